The maximum Gasteiger partial charge on any atom is 0.309 e. The third-order valence-electron chi connectivity index (χ3n) is 7.07. The van der Waals surface area contributed by atoms with Gasteiger partial charge >= 0.3 is 5.97 Å². The molecule has 142 valence electrons. The van der Waals surface area contributed by atoms with Crippen molar-refractivity contribution in [3.8, 4) is 5.75 Å². The minimum atomic E-state index is -0.640. The monoisotopic (exact) mass is 364 g/mol. The molecule has 0 saturated heterocycles. The van der Waals surface area contributed by atoms with Crippen molar-refractivity contribution in [1.82, 2.24) is 0 Å². The van der Waals surface area contributed by atoms with Crippen LogP contribution in [0.1, 0.15) is 56.2 Å². The van der Waals surface area contributed by atoms with Crippen molar-refractivity contribution in [2.45, 2.75) is 58.0 Å². The minimum Gasteiger partial charge on any atom is -0.489 e. The largest absolute Gasteiger partial charge is 0.489 e. The summed E-state index contributed by atoms with van der Waals surface area (Å²) >= 11 is 0. The smallest absolute Gasteiger partial charge is 0.309 e. The van der Waals surface area contributed by atoms with E-state index in [9.17, 15) is 9.90 Å². The van der Waals surface area contributed by atoms with Crippen LogP contribution in [0, 0.1) is 11.3 Å². The molecule has 1 fully saturated rings. The van der Waals surface area contributed by atoms with E-state index in [2.05, 4.69) is 37.3 Å². The molecule has 0 aromatic heterocycles. The lowest BCUT2D eigenvalue weighted by molar-refractivity contribution is -0.157. The van der Waals surface area contributed by atoms with Crippen LogP contribution in [0.5, 0.6) is 5.75 Å². The van der Waals surface area contributed by atoms with Gasteiger partial charge in [-0.1, -0.05) is 49.7 Å². The Morgan fingerprint density at radius 3 is 2.67 bits per heavy atom. The third kappa shape index (κ3) is 3.03. The van der Waals surface area contributed by atoms with Crippen molar-refractivity contribution < 1.29 is 14.6 Å². The third-order valence-corrected chi connectivity index (χ3v) is 7.07. The zero-order valence-electron chi connectivity index (χ0n) is 16.2. The summed E-state index contributed by atoms with van der Waals surface area (Å²) in [6.45, 7) is 4.78. The Bertz CT molecular complexity index is 844. The number of hydrogen-bond acceptors (Lipinski definition) is 2. The normalized spacial score (nSPS) is 29.5. The van der Waals surface area contributed by atoms with Crippen LogP contribution < -0.4 is 4.74 Å². The average molecular weight is 364 g/mol. The van der Waals surface area contributed by atoms with E-state index >= 15 is 0 Å². The zero-order valence-corrected chi connectivity index (χ0v) is 16.2. The molecule has 0 aliphatic heterocycles. The van der Waals surface area contributed by atoms with Crippen molar-refractivity contribution in [3.05, 3.63) is 65.2 Å². The van der Waals surface area contributed by atoms with Gasteiger partial charge in [-0.15, -0.1) is 0 Å². The van der Waals surface area contributed by atoms with E-state index in [-0.39, 0.29) is 11.3 Å². The van der Waals surface area contributed by atoms with Gasteiger partial charge in [0.15, 0.2) is 0 Å². The van der Waals surface area contributed by atoms with Gasteiger partial charge in [-0.3, -0.25) is 4.79 Å². The minimum absolute atomic E-state index is 0.0922. The van der Waals surface area contributed by atoms with Crippen LogP contribution in [0.3, 0.4) is 0 Å². The molecule has 0 radical (unpaired) electrons. The van der Waals surface area contributed by atoms with Gasteiger partial charge in [0.1, 0.15) is 12.4 Å². The van der Waals surface area contributed by atoms with Crippen molar-refractivity contribution in [2.75, 3.05) is 0 Å². The van der Waals surface area contributed by atoms with Crippen LogP contribution in [0.15, 0.2) is 48.5 Å². The van der Waals surface area contributed by atoms with Gasteiger partial charge in [0, 0.05) is 0 Å². The molecule has 1 unspecified atom stereocenters. The molecule has 0 amide bonds. The number of aliphatic carboxylic acids is 1. The van der Waals surface area contributed by atoms with E-state index in [4.69, 9.17) is 4.74 Å². The Morgan fingerprint density at radius 1 is 1.15 bits per heavy atom. The zero-order chi connectivity index (χ0) is 19.1. The molecule has 0 bridgehead atoms. The standard InChI is InChI=1S/C24H28O3/c1-23-13-6-14-24(2,22(25)26)21(23)12-10-18-9-11-19(15-20(18)23)27-16-17-7-4-3-5-8-17/h3-5,7-9,11,15,21H,6,10,12-14,16H2,1-2H3,(H,25,26)/t21?,23-,24+/m0/s1. The number of hydrogen-bond donors (Lipinski definition) is 1. The van der Waals surface area contributed by atoms with E-state index in [1.807, 2.05) is 25.1 Å². The van der Waals surface area contributed by atoms with E-state index < -0.39 is 11.4 Å². The number of rotatable bonds is 4. The van der Waals surface area contributed by atoms with Crippen LogP contribution in [-0.2, 0) is 23.2 Å². The highest BCUT2D eigenvalue weighted by Gasteiger charge is 2.55. The predicted octanol–water partition coefficient (Wildman–Crippen LogP) is 5.36. The molecule has 1 N–H and O–H groups in total. The predicted molar refractivity (Wildman–Crippen MR) is 106 cm³/mol. The molecular weight excluding hydrogens is 336 g/mol. The second-order valence-electron chi connectivity index (χ2n) is 8.68. The van der Waals surface area contributed by atoms with Crippen molar-refractivity contribution in [1.29, 1.82) is 0 Å². The van der Waals surface area contributed by atoms with E-state index in [1.54, 1.807) is 0 Å². The second kappa shape index (κ2) is 6.70. The van der Waals surface area contributed by atoms with Crippen LogP contribution in [0.25, 0.3) is 0 Å². The molecule has 2 aromatic carbocycles. The van der Waals surface area contributed by atoms with Crippen LogP contribution >= 0.6 is 0 Å². The second-order valence-corrected chi connectivity index (χ2v) is 8.68. The lowest BCUT2D eigenvalue weighted by Crippen LogP contribution is -2.52. The maximum absolute atomic E-state index is 12.1. The van der Waals surface area contributed by atoms with Crippen molar-refractivity contribution in [2.24, 2.45) is 11.3 Å². The van der Waals surface area contributed by atoms with Gasteiger partial charge in [0.05, 0.1) is 5.41 Å². The first-order valence-electron chi connectivity index (χ1n) is 9.97. The van der Waals surface area contributed by atoms with Crippen LogP contribution in [0.2, 0.25) is 0 Å². The Hall–Kier alpha value is -2.29. The Kier molecular flexibility index (Phi) is 4.49. The summed E-state index contributed by atoms with van der Waals surface area (Å²) < 4.78 is 6.07. The van der Waals surface area contributed by atoms with Crippen molar-refractivity contribution >= 4 is 5.97 Å². The van der Waals surface area contributed by atoms with Gasteiger partial charge in [-0.2, -0.15) is 0 Å². The van der Waals surface area contributed by atoms with Crippen LogP contribution in [-0.4, -0.2) is 11.1 Å². The highest BCUT2D eigenvalue weighted by molar-refractivity contribution is 5.75. The average Bonchev–Trinajstić information content (AvgIpc) is 2.67. The van der Waals surface area contributed by atoms with Gasteiger partial charge in [-0.25, -0.2) is 0 Å². The molecule has 3 nitrogen and oxygen atoms in total. The number of aryl methyl sites for hydroxylation is 1. The Labute approximate surface area is 161 Å². The number of ether oxygens (including phenoxy) is 1. The summed E-state index contributed by atoms with van der Waals surface area (Å²) in [6, 6.07) is 16.6. The topological polar surface area (TPSA) is 46.5 Å². The fraction of sp³-hybridized carbons (Fsp3) is 0.458. The van der Waals surface area contributed by atoms with E-state index in [0.29, 0.717) is 6.61 Å². The van der Waals surface area contributed by atoms with Gasteiger partial charge < -0.3 is 9.84 Å². The van der Waals surface area contributed by atoms with E-state index in [1.165, 1.54) is 11.1 Å². The molecule has 4 rings (SSSR count). The first-order valence-corrected chi connectivity index (χ1v) is 9.97. The summed E-state index contributed by atoms with van der Waals surface area (Å²) in [7, 11) is 0. The summed E-state index contributed by atoms with van der Waals surface area (Å²) in [5.41, 5.74) is 3.08. The molecule has 3 heteroatoms. The van der Waals surface area contributed by atoms with Gasteiger partial charge in [0.2, 0.25) is 0 Å². The van der Waals surface area contributed by atoms with Crippen molar-refractivity contribution in [3.63, 3.8) is 0 Å². The SMILES string of the molecule is C[C@@]1(C(=O)O)CCC[C@@]2(C)c3cc(OCc4ccccc4)ccc3CCC12. The Morgan fingerprint density at radius 2 is 1.93 bits per heavy atom. The first-order chi connectivity index (χ1) is 12.9. The quantitative estimate of drug-likeness (QED) is 0.794. The molecule has 3 atom stereocenters. The number of carboxylic acids is 1. The lowest BCUT2D eigenvalue weighted by atomic mass is 9.50. The van der Waals surface area contributed by atoms with Gasteiger partial charge in [0.25, 0.3) is 0 Å². The fourth-order valence-corrected chi connectivity index (χ4v) is 5.53. The Balaban J connectivity index is 1.64. The molecule has 2 aliphatic rings. The first kappa shape index (κ1) is 18.1. The summed E-state index contributed by atoms with van der Waals surface area (Å²) in [5.74, 6) is 0.411. The number of benzene rings is 2. The van der Waals surface area contributed by atoms with Gasteiger partial charge in [-0.05, 0) is 72.8 Å². The number of fused-ring (bicyclic) bond motifs is 3. The molecule has 2 aliphatic carbocycles. The number of carboxylic acid groups (broad SMARTS) is 1. The molecular formula is C24H28O3. The summed E-state index contributed by atoms with van der Waals surface area (Å²) in [5, 5.41) is 9.94. The lowest BCUT2D eigenvalue weighted by Gasteiger charge is -2.53. The van der Waals surface area contributed by atoms with E-state index in [0.717, 1.165) is 43.4 Å². The molecule has 27 heavy (non-hydrogen) atoms. The summed E-state index contributed by atoms with van der Waals surface area (Å²) in [6.07, 6.45) is 4.70. The fourth-order valence-electron chi connectivity index (χ4n) is 5.53. The highest BCUT2D eigenvalue weighted by atomic mass is 16.5. The maximum atomic E-state index is 12.1. The highest BCUT2D eigenvalue weighted by Crippen LogP contribution is 2.57. The summed E-state index contributed by atoms with van der Waals surface area (Å²) in [4.78, 5) is 12.1. The molecule has 0 spiro atoms. The molecule has 0 heterocycles. The molecule has 1 saturated carbocycles. The number of carbonyl (C=O) groups is 1. The van der Waals surface area contributed by atoms with Crippen LogP contribution in [0.4, 0.5) is 0 Å². The molecule has 2 aromatic rings.